The van der Waals surface area contributed by atoms with E-state index in [-0.39, 0.29) is 6.61 Å². The zero-order valence-electron chi connectivity index (χ0n) is 15.8. The Labute approximate surface area is 172 Å². The smallest absolute Gasteiger partial charge is 0.466 e. The van der Waals surface area contributed by atoms with Crippen molar-refractivity contribution < 1.29 is 33.5 Å². The lowest BCUT2D eigenvalue weighted by atomic mass is 10.2. The van der Waals surface area contributed by atoms with Gasteiger partial charge in [0, 0.05) is 0 Å². The van der Waals surface area contributed by atoms with E-state index in [0.717, 1.165) is 16.8 Å². The molecule has 1 heterocycles. The largest absolute Gasteiger partial charge is 0.481 e. The average molecular weight is 430 g/mol. The van der Waals surface area contributed by atoms with E-state index in [2.05, 4.69) is 15.9 Å². The van der Waals surface area contributed by atoms with Gasteiger partial charge in [0.05, 0.1) is 18.2 Å². The lowest BCUT2D eigenvalue weighted by Crippen LogP contribution is -2.01. The highest BCUT2D eigenvalue weighted by molar-refractivity contribution is 7.45. The topological polar surface area (TPSA) is 142 Å². The molecule has 0 atom stereocenters. The Hall–Kier alpha value is -3.41. The number of carbonyl (C=O) groups is 1. The number of ether oxygens (including phenoxy) is 2. The summed E-state index contributed by atoms with van der Waals surface area (Å²) in [6.07, 6.45) is 8.93. The van der Waals surface area contributed by atoms with Gasteiger partial charge in [0.25, 0.3) is 0 Å². The van der Waals surface area contributed by atoms with Gasteiger partial charge < -0.3 is 29.1 Å². The van der Waals surface area contributed by atoms with Crippen LogP contribution >= 0.6 is 7.82 Å². The first-order chi connectivity index (χ1) is 14.2. The van der Waals surface area contributed by atoms with Crippen molar-refractivity contribution in [2.75, 3.05) is 13.7 Å². The first-order valence-electron chi connectivity index (χ1n) is 8.41. The van der Waals surface area contributed by atoms with Crippen molar-refractivity contribution in [3.63, 3.8) is 0 Å². The molecule has 2 aromatic carbocycles. The van der Waals surface area contributed by atoms with Crippen LogP contribution in [0.4, 0.5) is 0 Å². The number of hydrogen-bond acceptors (Lipinski definition) is 5. The fraction of sp³-hybridized carbons (Fsp3) is 0.100. The maximum absolute atomic E-state index is 11.8. The third kappa shape index (κ3) is 7.20. The van der Waals surface area contributed by atoms with E-state index in [0.29, 0.717) is 16.9 Å². The number of aromatic nitrogens is 2. The molecule has 0 saturated carbocycles. The molecule has 1 aromatic heterocycles. The summed E-state index contributed by atoms with van der Waals surface area (Å²) in [6, 6.07) is 12.9. The molecule has 0 aliphatic rings. The number of nitrogens with one attached hydrogen (secondary N) is 1. The summed E-state index contributed by atoms with van der Waals surface area (Å²) in [5.74, 6) is 3.39. The molecule has 0 radical (unpaired) electrons. The van der Waals surface area contributed by atoms with Gasteiger partial charge in [0.2, 0.25) is 0 Å². The number of aromatic amines is 1. The Morgan fingerprint density at radius 2 is 1.87 bits per heavy atom. The molecule has 3 aromatic rings. The molecular formula is C20H19N2O7P. The summed E-state index contributed by atoms with van der Waals surface area (Å²) in [7, 11) is -3.29. The summed E-state index contributed by atoms with van der Waals surface area (Å²) in [5.41, 5.74) is 2.79. The summed E-state index contributed by atoms with van der Waals surface area (Å²) in [5, 5.41) is 0. The predicted molar refractivity (Wildman–Crippen MR) is 111 cm³/mol. The molecule has 9 nitrogen and oxygen atoms in total. The van der Waals surface area contributed by atoms with E-state index in [9.17, 15) is 4.79 Å². The fourth-order valence-electron chi connectivity index (χ4n) is 2.38. The van der Waals surface area contributed by atoms with Gasteiger partial charge in [-0.1, -0.05) is 30.2 Å². The molecule has 0 bridgehead atoms. The first kappa shape index (κ1) is 22.9. The lowest BCUT2D eigenvalue weighted by Gasteiger charge is -2.01. The van der Waals surface area contributed by atoms with Gasteiger partial charge in [-0.2, -0.15) is 0 Å². The Morgan fingerprint density at radius 1 is 1.20 bits per heavy atom. The Kier molecular flexibility index (Phi) is 7.92. The number of phosphoric acid groups is 1. The summed E-state index contributed by atoms with van der Waals surface area (Å²) >= 11 is 0. The van der Waals surface area contributed by atoms with Crippen LogP contribution in [0.15, 0.2) is 42.5 Å². The second-order valence-electron chi connectivity index (χ2n) is 5.72. The first-order valence-corrected chi connectivity index (χ1v) is 9.97. The number of fused-ring (bicyclic) bond motifs is 1. The molecule has 0 spiro atoms. The van der Waals surface area contributed by atoms with Crippen LogP contribution in [0.25, 0.3) is 23.2 Å². The minimum atomic E-state index is -4.64. The van der Waals surface area contributed by atoms with Crippen molar-refractivity contribution in [2.45, 2.75) is 0 Å². The van der Waals surface area contributed by atoms with Crippen LogP contribution in [0.2, 0.25) is 0 Å². The molecule has 0 aliphatic carbocycles. The predicted octanol–water partition coefficient (Wildman–Crippen LogP) is 2.60. The number of methoxy groups -OCH3 is 1. The van der Waals surface area contributed by atoms with Crippen LogP contribution in [-0.2, 0) is 9.30 Å². The molecule has 30 heavy (non-hydrogen) atoms. The number of esters is 1. The van der Waals surface area contributed by atoms with Gasteiger partial charge in [-0.3, -0.25) is 0 Å². The van der Waals surface area contributed by atoms with Crippen molar-refractivity contribution >= 4 is 37.0 Å². The number of hydrogen-bond donors (Lipinski definition) is 4. The van der Waals surface area contributed by atoms with Crippen molar-refractivity contribution in [1.82, 2.24) is 9.97 Å². The second-order valence-corrected chi connectivity index (χ2v) is 6.75. The van der Waals surface area contributed by atoms with Crippen LogP contribution < -0.4 is 4.74 Å². The third-order valence-corrected chi connectivity index (χ3v) is 3.57. The number of nitrogens with zero attached hydrogens (tertiary/aromatic N) is 1. The SMILES string of the molecule is C#CCOc1ccc(/C=C/c2nc3c(C(=O)OC)cccc3[nH]2)cc1.O=P(O)(O)O. The van der Waals surface area contributed by atoms with E-state index < -0.39 is 13.8 Å². The molecular weight excluding hydrogens is 411 g/mol. The minimum Gasteiger partial charge on any atom is -0.481 e. The highest BCUT2D eigenvalue weighted by Gasteiger charge is 2.12. The van der Waals surface area contributed by atoms with E-state index in [1.165, 1.54) is 7.11 Å². The van der Waals surface area contributed by atoms with Crippen molar-refractivity contribution in [3.8, 4) is 18.1 Å². The lowest BCUT2D eigenvalue weighted by molar-refractivity contribution is 0.0602. The Morgan fingerprint density at radius 3 is 2.47 bits per heavy atom. The van der Waals surface area contributed by atoms with Crippen LogP contribution in [0.1, 0.15) is 21.7 Å². The molecule has 3 rings (SSSR count). The fourth-order valence-corrected chi connectivity index (χ4v) is 2.38. The van der Waals surface area contributed by atoms with Crippen molar-refractivity contribution in [2.24, 2.45) is 0 Å². The molecule has 0 fully saturated rings. The van der Waals surface area contributed by atoms with Gasteiger partial charge in [-0.25, -0.2) is 14.3 Å². The summed E-state index contributed by atoms with van der Waals surface area (Å²) in [6.45, 7) is 0.247. The number of benzene rings is 2. The zero-order chi connectivity index (χ0) is 22.1. The molecule has 10 heteroatoms. The van der Waals surface area contributed by atoms with Gasteiger partial charge in [-0.05, 0) is 35.9 Å². The van der Waals surface area contributed by atoms with E-state index in [1.54, 1.807) is 12.1 Å². The van der Waals surface area contributed by atoms with Gasteiger partial charge in [-0.15, -0.1) is 6.42 Å². The van der Waals surface area contributed by atoms with E-state index >= 15 is 0 Å². The van der Waals surface area contributed by atoms with Crippen molar-refractivity contribution in [3.05, 3.63) is 59.4 Å². The molecule has 4 N–H and O–H groups in total. The minimum absolute atomic E-state index is 0.247. The number of terminal acetylenes is 1. The third-order valence-electron chi connectivity index (χ3n) is 3.57. The van der Waals surface area contributed by atoms with Gasteiger partial charge in [0.1, 0.15) is 23.7 Å². The number of rotatable bonds is 5. The molecule has 0 saturated heterocycles. The highest BCUT2D eigenvalue weighted by Crippen LogP contribution is 2.25. The van der Waals surface area contributed by atoms with Gasteiger partial charge in [0.15, 0.2) is 0 Å². The van der Waals surface area contributed by atoms with Crippen LogP contribution in [0, 0.1) is 12.3 Å². The molecule has 156 valence electrons. The van der Waals surface area contributed by atoms with Crippen molar-refractivity contribution in [1.29, 1.82) is 0 Å². The number of H-pyrrole nitrogens is 1. The summed E-state index contributed by atoms with van der Waals surface area (Å²) < 4.78 is 19.0. The average Bonchev–Trinajstić information content (AvgIpc) is 3.12. The number of para-hydroxylation sites is 1. The molecule has 0 amide bonds. The monoisotopic (exact) mass is 430 g/mol. The zero-order valence-corrected chi connectivity index (χ0v) is 16.7. The molecule has 0 unspecified atom stereocenters. The second kappa shape index (κ2) is 10.4. The Bertz CT molecular complexity index is 1120. The van der Waals surface area contributed by atoms with Crippen LogP contribution in [-0.4, -0.2) is 44.3 Å². The van der Waals surface area contributed by atoms with E-state index in [1.807, 2.05) is 42.5 Å². The molecule has 0 aliphatic heterocycles. The normalized spacial score (nSPS) is 10.9. The summed E-state index contributed by atoms with van der Waals surface area (Å²) in [4.78, 5) is 41.0. The maximum Gasteiger partial charge on any atom is 0.466 e. The van der Waals surface area contributed by atoms with E-state index in [4.69, 9.17) is 35.1 Å². The van der Waals surface area contributed by atoms with Crippen LogP contribution in [0.5, 0.6) is 5.75 Å². The quantitative estimate of drug-likeness (QED) is 0.275. The number of imidazole rings is 1. The standard InChI is InChI=1S/C20H16N2O3.H3O4P/c1-3-13-25-15-10-7-14(8-11-15)9-12-18-21-17-6-4-5-16(19(17)22-18)20(23)24-2;1-5(2,3)4/h1,4-12H,13H2,2H3,(H,21,22);(H3,1,2,3,4)/b12-9+;. The highest BCUT2D eigenvalue weighted by atomic mass is 31.2. The van der Waals surface area contributed by atoms with Gasteiger partial charge >= 0.3 is 13.8 Å². The number of carbonyl (C=O) groups excluding carboxylic acids is 1. The Balaban J connectivity index is 0.000000575. The maximum atomic E-state index is 11.8. The van der Waals surface area contributed by atoms with Crippen LogP contribution in [0.3, 0.4) is 0 Å².